The van der Waals surface area contributed by atoms with Crippen LogP contribution < -0.4 is 4.74 Å². The molecule has 0 aromatic carbocycles. The third-order valence-corrected chi connectivity index (χ3v) is 6.84. The molecule has 0 amide bonds. The lowest BCUT2D eigenvalue weighted by Gasteiger charge is -2.15. The van der Waals surface area contributed by atoms with Crippen LogP contribution in [-0.4, -0.2) is 21.6 Å². The highest BCUT2D eigenvalue weighted by Gasteiger charge is 2.23. The van der Waals surface area contributed by atoms with Gasteiger partial charge in [-0.15, -0.1) is 11.3 Å². The largest absolute Gasteiger partial charge is 0.477 e. The molecular formula is C21H23N3OS. The number of ether oxygens (including phenoxy) is 1. The fourth-order valence-electron chi connectivity index (χ4n) is 4.23. The van der Waals surface area contributed by atoms with Crippen molar-refractivity contribution in [1.82, 2.24) is 15.0 Å². The van der Waals surface area contributed by atoms with E-state index in [2.05, 4.69) is 4.98 Å². The molecule has 5 rings (SSSR count). The van der Waals surface area contributed by atoms with Crippen LogP contribution in [0.2, 0.25) is 0 Å². The zero-order chi connectivity index (χ0) is 17.3. The fourth-order valence-corrected chi connectivity index (χ4v) is 5.48. The van der Waals surface area contributed by atoms with Gasteiger partial charge in [-0.3, -0.25) is 4.98 Å². The van der Waals surface area contributed by atoms with Crippen molar-refractivity contribution in [2.45, 2.75) is 51.4 Å². The number of aromatic nitrogens is 3. The normalized spacial score (nSPS) is 17.5. The van der Waals surface area contributed by atoms with Crippen LogP contribution in [0.1, 0.15) is 49.0 Å². The smallest absolute Gasteiger partial charge is 0.226 e. The maximum absolute atomic E-state index is 6.33. The average molecular weight is 366 g/mol. The van der Waals surface area contributed by atoms with E-state index in [4.69, 9.17) is 14.7 Å². The zero-order valence-corrected chi connectivity index (χ0v) is 15.7. The van der Waals surface area contributed by atoms with Gasteiger partial charge < -0.3 is 4.74 Å². The first-order valence-electron chi connectivity index (χ1n) is 9.74. The number of pyridine rings is 1. The molecule has 4 nitrogen and oxygen atoms in total. The quantitative estimate of drug-likeness (QED) is 0.637. The molecule has 0 spiro atoms. The average Bonchev–Trinajstić information content (AvgIpc) is 3.34. The van der Waals surface area contributed by atoms with Gasteiger partial charge in [-0.05, 0) is 62.1 Å². The van der Waals surface area contributed by atoms with Gasteiger partial charge in [0.2, 0.25) is 5.88 Å². The predicted octanol–water partition coefficient (Wildman–Crippen LogP) is 5.20. The first kappa shape index (κ1) is 16.2. The van der Waals surface area contributed by atoms with E-state index in [-0.39, 0.29) is 0 Å². The fraction of sp³-hybridized carbons (Fsp3) is 0.476. The Kier molecular flexibility index (Phi) is 4.33. The first-order valence-corrected chi connectivity index (χ1v) is 10.6. The molecular weight excluding hydrogens is 342 g/mol. The van der Waals surface area contributed by atoms with Crippen molar-refractivity contribution in [3.8, 4) is 17.3 Å². The van der Waals surface area contributed by atoms with Crippen molar-refractivity contribution in [2.75, 3.05) is 6.61 Å². The molecule has 5 heteroatoms. The Balaban J connectivity index is 1.59. The highest BCUT2D eigenvalue weighted by atomic mass is 32.1. The van der Waals surface area contributed by atoms with Gasteiger partial charge in [0.05, 0.1) is 12.0 Å². The molecule has 3 aromatic rings. The molecule has 2 aliphatic carbocycles. The van der Waals surface area contributed by atoms with Gasteiger partial charge in [0.25, 0.3) is 0 Å². The molecule has 1 fully saturated rings. The van der Waals surface area contributed by atoms with Crippen LogP contribution in [0.25, 0.3) is 21.6 Å². The van der Waals surface area contributed by atoms with Crippen molar-refractivity contribution < 1.29 is 4.74 Å². The van der Waals surface area contributed by atoms with E-state index in [0.29, 0.717) is 5.92 Å². The molecule has 134 valence electrons. The summed E-state index contributed by atoms with van der Waals surface area (Å²) < 4.78 is 6.33. The molecule has 0 saturated heterocycles. The van der Waals surface area contributed by atoms with Gasteiger partial charge in [0, 0.05) is 22.8 Å². The minimum atomic E-state index is 0.679. The summed E-state index contributed by atoms with van der Waals surface area (Å²) in [4.78, 5) is 16.4. The summed E-state index contributed by atoms with van der Waals surface area (Å²) in [5.41, 5.74) is 2.44. The van der Waals surface area contributed by atoms with Crippen molar-refractivity contribution in [3.05, 3.63) is 35.0 Å². The molecule has 26 heavy (non-hydrogen) atoms. The van der Waals surface area contributed by atoms with Crippen molar-refractivity contribution >= 4 is 21.6 Å². The summed E-state index contributed by atoms with van der Waals surface area (Å²) in [6, 6.07) is 3.94. The van der Waals surface area contributed by atoms with Crippen LogP contribution in [0.3, 0.4) is 0 Å². The van der Waals surface area contributed by atoms with Gasteiger partial charge in [-0.25, -0.2) is 4.98 Å². The molecule has 0 aliphatic heterocycles. The molecule has 1 saturated carbocycles. The van der Waals surface area contributed by atoms with Crippen LogP contribution >= 0.6 is 11.3 Å². The van der Waals surface area contributed by atoms with Gasteiger partial charge >= 0.3 is 0 Å². The summed E-state index contributed by atoms with van der Waals surface area (Å²) in [6.07, 6.45) is 13.7. The third-order valence-electron chi connectivity index (χ3n) is 5.65. The Morgan fingerprint density at radius 1 is 1.00 bits per heavy atom. The Labute approximate surface area is 157 Å². The number of nitrogens with zero attached hydrogens (tertiary/aromatic N) is 3. The molecule has 3 heterocycles. The highest BCUT2D eigenvalue weighted by molar-refractivity contribution is 7.18. The van der Waals surface area contributed by atoms with Crippen molar-refractivity contribution in [2.24, 2.45) is 5.92 Å². The Morgan fingerprint density at radius 2 is 1.81 bits per heavy atom. The number of fused-ring (bicyclic) bond motifs is 3. The molecule has 0 radical (unpaired) electrons. The van der Waals surface area contributed by atoms with E-state index in [1.54, 1.807) is 12.4 Å². The van der Waals surface area contributed by atoms with E-state index < -0.39 is 0 Å². The van der Waals surface area contributed by atoms with Gasteiger partial charge in [-0.1, -0.05) is 12.8 Å². The standard InChI is InChI=1S/C21H23N3OS/c1-2-6-14(5-1)13-25-20-18-16-7-3-4-8-17(16)26-21(18)24-19(23-20)15-9-11-22-12-10-15/h9-12,14H,1-8,13H2. The number of aryl methyl sites for hydroxylation is 2. The molecule has 3 aromatic heterocycles. The second kappa shape index (κ2) is 6.95. The van der Waals surface area contributed by atoms with Crippen LogP contribution in [0.5, 0.6) is 5.88 Å². The van der Waals surface area contributed by atoms with Gasteiger partial charge in [0.1, 0.15) is 4.83 Å². The lowest BCUT2D eigenvalue weighted by atomic mass is 9.97. The number of thiophene rings is 1. The molecule has 0 N–H and O–H groups in total. The van der Waals surface area contributed by atoms with E-state index in [1.165, 1.54) is 60.8 Å². The third kappa shape index (κ3) is 2.98. The molecule has 2 aliphatic rings. The minimum Gasteiger partial charge on any atom is -0.477 e. The lowest BCUT2D eigenvalue weighted by Crippen LogP contribution is -2.10. The SMILES string of the molecule is c1cc(-c2nc(OCC3CCCC3)c3c4c(sc3n2)CCCC4)ccn1. The van der Waals surface area contributed by atoms with Gasteiger partial charge in [0.15, 0.2) is 5.82 Å². The van der Waals surface area contributed by atoms with Crippen LogP contribution in [-0.2, 0) is 12.8 Å². The second-order valence-electron chi connectivity index (χ2n) is 7.44. The maximum Gasteiger partial charge on any atom is 0.226 e. The molecule has 0 unspecified atom stereocenters. The van der Waals surface area contributed by atoms with E-state index in [0.717, 1.165) is 35.1 Å². The van der Waals surface area contributed by atoms with E-state index in [1.807, 2.05) is 23.5 Å². The monoisotopic (exact) mass is 365 g/mol. The second-order valence-corrected chi connectivity index (χ2v) is 8.52. The number of rotatable bonds is 4. The van der Waals surface area contributed by atoms with Crippen molar-refractivity contribution in [1.29, 1.82) is 0 Å². The van der Waals surface area contributed by atoms with E-state index >= 15 is 0 Å². The van der Waals surface area contributed by atoms with Crippen LogP contribution in [0, 0.1) is 5.92 Å². The summed E-state index contributed by atoms with van der Waals surface area (Å²) in [5.74, 6) is 2.23. The Morgan fingerprint density at radius 3 is 2.65 bits per heavy atom. The summed E-state index contributed by atoms with van der Waals surface area (Å²) >= 11 is 1.83. The Bertz CT molecular complexity index is 916. The topological polar surface area (TPSA) is 47.9 Å². The molecule has 0 bridgehead atoms. The van der Waals surface area contributed by atoms with Crippen LogP contribution in [0.4, 0.5) is 0 Å². The number of hydrogen-bond acceptors (Lipinski definition) is 5. The first-order chi connectivity index (χ1) is 12.9. The predicted molar refractivity (Wildman–Crippen MR) is 105 cm³/mol. The summed E-state index contributed by atoms with van der Waals surface area (Å²) in [6.45, 7) is 0.784. The Hall–Kier alpha value is -2.01. The highest BCUT2D eigenvalue weighted by Crippen LogP contribution is 2.40. The maximum atomic E-state index is 6.33. The number of hydrogen-bond donors (Lipinski definition) is 0. The zero-order valence-electron chi connectivity index (χ0n) is 14.9. The molecule has 0 atom stereocenters. The van der Waals surface area contributed by atoms with E-state index in [9.17, 15) is 0 Å². The van der Waals surface area contributed by atoms with Gasteiger partial charge in [-0.2, -0.15) is 4.98 Å². The summed E-state index contributed by atoms with van der Waals surface area (Å²) in [5, 5.41) is 1.18. The van der Waals surface area contributed by atoms with Crippen molar-refractivity contribution in [3.63, 3.8) is 0 Å². The van der Waals surface area contributed by atoms with Crippen LogP contribution in [0.15, 0.2) is 24.5 Å². The lowest BCUT2D eigenvalue weighted by molar-refractivity contribution is 0.246. The summed E-state index contributed by atoms with van der Waals surface area (Å²) in [7, 11) is 0. The minimum absolute atomic E-state index is 0.679.